The monoisotopic (exact) mass is 349 g/mol. The van der Waals surface area contributed by atoms with E-state index in [0.29, 0.717) is 0 Å². The zero-order chi connectivity index (χ0) is 16.1. The molecule has 0 spiro atoms. The molecule has 0 aromatic rings. The second-order valence-electron chi connectivity index (χ2n) is 8.12. The highest BCUT2D eigenvalue weighted by Crippen LogP contribution is 2.25. The fraction of sp³-hybridized carbons (Fsp3) is 1.00. The van der Waals surface area contributed by atoms with Gasteiger partial charge in [0.2, 0.25) is 0 Å². The first-order valence-corrected chi connectivity index (χ1v) is 17.5. The van der Waals surface area contributed by atoms with Crippen molar-refractivity contribution in [1.82, 2.24) is 4.90 Å². The standard InChI is InChI=1S/C14H35NO3Si3/c1-19(2,3)17-21(7,18-20(4,5)6)14-8-9-15-10-12-16-13-11-15/h8-14H2,1-7H3. The van der Waals surface area contributed by atoms with Crippen molar-refractivity contribution in [3.8, 4) is 0 Å². The van der Waals surface area contributed by atoms with Crippen molar-refractivity contribution in [2.75, 3.05) is 32.8 Å². The molecule has 126 valence electrons. The molecule has 0 atom stereocenters. The Kier molecular flexibility index (Phi) is 7.30. The van der Waals surface area contributed by atoms with Gasteiger partial charge >= 0.3 is 8.56 Å². The number of hydrogen-bond acceptors (Lipinski definition) is 4. The molecule has 0 unspecified atom stereocenters. The second kappa shape index (κ2) is 7.85. The Labute approximate surface area is 134 Å². The van der Waals surface area contributed by atoms with Crippen molar-refractivity contribution in [2.45, 2.75) is 58.3 Å². The number of ether oxygens (including phenoxy) is 1. The number of nitrogens with zero attached hydrogens (tertiary/aromatic N) is 1. The minimum atomic E-state index is -2.04. The van der Waals surface area contributed by atoms with Gasteiger partial charge in [0.25, 0.3) is 0 Å². The summed E-state index contributed by atoms with van der Waals surface area (Å²) in [5.41, 5.74) is 0. The van der Waals surface area contributed by atoms with E-state index in [9.17, 15) is 0 Å². The zero-order valence-electron chi connectivity index (χ0n) is 15.1. The van der Waals surface area contributed by atoms with Gasteiger partial charge < -0.3 is 13.0 Å². The van der Waals surface area contributed by atoms with E-state index in [-0.39, 0.29) is 0 Å². The van der Waals surface area contributed by atoms with Crippen molar-refractivity contribution < 1.29 is 13.0 Å². The van der Waals surface area contributed by atoms with Gasteiger partial charge in [0.1, 0.15) is 0 Å². The van der Waals surface area contributed by atoms with Gasteiger partial charge in [-0.3, -0.25) is 4.90 Å². The highest BCUT2D eigenvalue weighted by atomic mass is 28.5. The topological polar surface area (TPSA) is 30.9 Å². The van der Waals surface area contributed by atoms with E-state index in [4.69, 9.17) is 13.0 Å². The van der Waals surface area contributed by atoms with E-state index >= 15 is 0 Å². The normalized spacial score (nSPS) is 19.0. The molecule has 0 aromatic heterocycles. The predicted molar refractivity (Wildman–Crippen MR) is 97.2 cm³/mol. The van der Waals surface area contributed by atoms with Gasteiger partial charge in [-0.1, -0.05) is 0 Å². The van der Waals surface area contributed by atoms with Crippen LogP contribution in [-0.2, 0) is 13.0 Å². The summed E-state index contributed by atoms with van der Waals surface area (Å²) in [5.74, 6) is 0. The van der Waals surface area contributed by atoms with Gasteiger partial charge in [0.15, 0.2) is 16.6 Å². The number of rotatable bonds is 8. The van der Waals surface area contributed by atoms with Crippen LogP contribution in [0.3, 0.4) is 0 Å². The smallest absolute Gasteiger partial charge is 0.314 e. The molecule has 1 heterocycles. The summed E-state index contributed by atoms with van der Waals surface area (Å²) in [6.07, 6.45) is 1.18. The summed E-state index contributed by atoms with van der Waals surface area (Å²) in [7, 11) is -5.15. The molecule has 1 aliphatic rings. The predicted octanol–water partition coefficient (Wildman–Crippen LogP) is 3.48. The fourth-order valence-corrected chi connectivity index (χ4v) is 15.4. The van der Waals surface area contributed by atoms with E-state index < -0.39 is 25.2 Å². The third-order valence-corrected chi connectivity index (χ3v) is 12.9. The van der Waals surface area contributed by atoms with Crippen LogP contribution in [0.4, 0.5) is 0 Å². The maximum atomic E-state index is 6.54. The van der Waals surface area contributed by atoms with Gasteiger partial charge in [-0.15, -0.1) is 0 Å². The van der Waals surface area contributed by atoms with E-state index in [1.54, 1.807) is 0 Å². The average Bonchev–Trinajstić information content (AvgIpc) is 2.24. The summed E-state index contributed by atoms with van der Waals surface area (Å²) in [6, 6.07) is 1.11. The molecular formula is C14H35NO3Si3. The van der Waals surface area contributed by atoms with Crippen molar-refractivity contribution in [2.24, 2.45) is 0 Å². The van der Waals surface area contributed by atoms with Crippen LogP contribution in [0, 0.1) is 0 Å². The molecule has 1 fully saturated rings. The second-order valence-corrected chi connectivity index (χ2v) is 21.0. The highest BCUT2D eigenvalue weighted by molar-refractivity contribution is 6.87. The first kappa shape index (κ1) is 19.5. The minimum Gasteiger partial charge on any atom is -0.437 e. The molecule has 1 rings (SSSR count). The Morgan fingerprint density at radius 3 is 1.76 bits per heavy atom. The molecule has 1 saturated heterocycles. The van der Waals surface area contributed by atoms with Crippen LogP contribution < -0.4 is 0 Å². The largest absolute Gasteiger partial charge is 0.437 e. The Hall–Kier alpha value is 0.491. The maximum Gasteiger partial charge on any atom is 0.314 e. The molecule has 21 heavy (non-hydrogen) atoms. The van der Waals surface area contributed by atoms with E-state index in [1.165, 1.54) is 6.42 Å². The van der Waals surface area contributed by atoms with Crippen molar-refractivity contribution in [3.63, 3.8) is 0 Å². The first-order valence-electron chi connectivity index (χ1n) is 8.20. The Bertz CT molecular complexity index is 294. The molecule has 0 amide bonds. The summed E-state index contributed by atoms with van der Waals surface area (Å²) >= 11 is 0. The SMILES string of the molecule is C[Si](C)(C)O[Si](C)(CCCN1CCOCC1)O[Si](C)(C)C. The van der Waals surface area contributed by atoms with Gasteiger partial charge in [0, 0.05) is 13.1 Å². The van der Waals surface area contributed by atoms with Crippen LogP contribution in [-0.4, -0.2) is 62.9 Å². The lowest BCUT2D eigenvalue weighted by molar-refractivity contribution is 0.0378. The third kappa shape index (κ3) is 9.27. The molecule has 4 nitrogen and oxygen atoms in total. The van der Waals surface area contributed by atoms with E-state index in [2.05, 4.69) is 50.7 Å². The summed E-state index contributed by atoms with van der Waals surface area (Å²) in [6.45, 7) is 21.0. The van der Waals surface area contributed by atoms with Crippen LogP contribution in [0.1, 0.15) is 6.42 Å². The first-order chi connectivity index (χ1) is 9.49. The lowest BCUT2D eigenvalue weighted by Crippen LogP contribution is -2.52. The quantitative estimate of drug-likeness (QED) is 0.628. The highest BCUT2D eigenvalue weighted by Gasteiger charge is 2.39. The minimum absolute atomic E-state index is 0.880. The van der Waals surface area contributed by atoms with Crippen molar-refractivity contribution in [1.29, 1.82) is 0 Å². The molecule has 0 saturated carbocycles. The van der Waals surface area contributed by atoms with Crippen LogP contribution in [0.25, 0.3) is 0 Å². The molecular weight excluding hydrogens is 314 g/mol. The molecule has 7 heteroatoms. The molecule has 0 radical (unpaired) electrons. The van der Waals surface area contributed by atoms with Gasteiger partial charge in [-0.05, 0) is 64.8 Å². The lowest BCUT2D eigenvalue weighted by atomic mass is 10.3. The number of morpholine rings is 1. The average molecular weight is 350 g/mol. The van der Waals surface area contributed by atoms with Crippen molar-refractivity contribution in [3.05, 3.63) is 0 Å². The Balaban J connectivity index is 2.51. The van der Waals surface area contributed by atoms with Gasteiger partial charge in [-0.25, -0.2) is 0 Å². The molecule has 1 aliphatic heterocycles. The molecule has 0 aliphatic carbocycles. The Morgan fingerprint density at radius 1 is 0.857 bits per heavy atom. The molecule has 0 aromatic carbocycles. The van der Waals surface area contributed by atoms with E-state index in [1.807, 2.05) is 0 Å². The summed E-state index contributed by atoms with van der Waals surface area (Å²) in [4.78, 5) is 2.50. The molecule has 0 bridgehead atoms. The summed E-state index contributed by atoms with van der Waals surface area (Å²) < 4.78 is 18.5. The van der Waals surface area contributed by atoms with Crippen molar-refractivity contribution >= 4 is 25.2 Å². The Morgan fingerprint density at radius 2 is 1.33 bits per heavy atom. The van der Waals surface area contributed by atoms with Gasteiger partial charge in [-0.2, -0.15) is 0 Å². The van der Waals surface area contributed by atoms with Crippen LogP contribution in [0.2, 0.25) is 51.9 Å². The van der Waals surface area contributed by atoms with Crippen LogP contribution >= 0.6 is 0 Å². The molecule has 0 N–H and O–H groups in total. The fourth-order valence-electron chi connectivity index (χ4n) is 2.87. The lowest BCUT2D eigenvalue weighted by Gasteiger charge is -2.39. The summed E-state index contributed by atoms with van der Waals surface area (Å²) in [5, 5.41) is 0. The third-order valence-electron chi connectivity index (χ3n) is 3.25. The van der Waals surface area contributed by atoms with E-state index in [0.717, 1.165) is 38.9 Å². The zero-order valence-corrected chi connectivity index (χ0v) is 18.1. The van der Waals surface area contributed by atoms with Crippen LogP contribution in [0.5, 0.6) is 0 Å². The van der Waals surface area contributed by atoms with Crippen LogP contribution in [0.15, 0.2) is 0 Å². The van der Waals surface area contributed by atoms with Gasteiger partial charge in [0.05, 0.1) is 13.2 Å². The maximum absolute atomic E-state index is 6.54. The number of hydrogen-bond donors (Lipinski definition) is 0.